The fourth-order valence-corrected chi connectivity index (χ4v) is 3.71. The molecule has 7 heteroatoms. The first-order chi connectivity index (χ1) is 13.3. The summed E-state index contributed by atoms with van der Waals surface area (Å²) in [7, 11) is 0. The number of para-hydroxylation sites is 1. The summed E-state index contributed by atoms with van der Waals surface area (Å²) in [5.74, 6) is 0.938. The Morgan fingerprint density at radius 3 is 2.78 bits per heavy atom. The van der Waals surface area contributed by atoms with E-state index in [9.17, 15) is 4.39 Å². The minimum absolute atomic E-state index is 0.338. The van der Waals surface area contributed by atoms with Crippen LogP contribution < -0.4 is 10.1 Å². The summed E-state index contributed by atoms with van der Waals surface area (Å²) in [5.41, 5.74) is 2.60. The van der Waals surface area contributed by atoms with Gasteiger partial charge in [0.25, 0.3) is 0 Å². The Morgan fingerprint density at radius 2 is 1.93 bits per heavy atom. The highest BCUT2D eigenvalue weighted by molar-refractivity contribution is 7.99. The number of thioether (sulfide) groups is 1. The molecule has 2 heterocycles. The van der Waals surface area contributed by atoms with Crippen LogP contribution in [0.5, 0.6) is 5.88 Å². The van der Waals surface area contributed by atoms with Crippen molar-refractivity contribution in [2.45, 2.75) is 31.1 Å². The van der Waals surface area contributed by atoms with Crippen molar-refractivity contribution in [1.29, 1.82) is 0 Å². The number of anilines is 1. The fraction of sp³-hybridized carbons (Fsp3) is 0.250. The standard InChI is InChI=1S/C20H19FN4OS/c1-2-3-12-27-20-23-19-17(24-25-20)14-9-5-7-11-16(14)22-18(26-19)13-8-4-6-10-15(13)21/h4-11,18,22H,2-3,12H2,1H3/t18-/m1/s1. The number of aromatic nitrogens is 3. The van der Waals surface area contributed by atoms with Crippen LogP contribution in [-0.4, -0.2) is 20.9 Å². The van der Waals surface area contributed by atoms with Crippen LogP contribution in [0.1, 0.15) is 31.6 Å². The van der Waals surface area contributed by atoms with E-state index in [1.54, 1.807) is 30.0 Å². The summed E-state index contributed by atoms with van der Waals surface area (Å²) in [6, 6.07) is 14.2. The van der Waals surface area contributed by atoms with Crippen molar-refractivity contribution >= 4 is 17.4 Å². The van der Waals surface area contributed by atoms with Gasteiger partial charge in [0.2, 0.25) is 17.3 Å². The number of rotatable bonds is 5. The van der Waals surface area contributed by atoms with Gasteiger partial charge in [0.15, 0.2) is 5.69 Å². The normalized spacial score (nSPS) is 15.1. The van der Waals surface area contributed by atoms with E-state index in [1.807, 2.05) is 24.3 Å². The number of hydrogen-bond acceptors (Lipinski definition) is 6. The lowest BCUT2D eigenvalue weighted by atomic mass is 10.1. The minimum atomic E-state index is -0.709. The third kappa shape index (κ3) is 3.73. The van der Waals surface area contributed by atoms with E-state index in [-0.39, 0.29) is 5.82 Å². The van der Waals surface area contributed by atoms with E-state index in [1.165, 1.54) is 6.07 Å². The monoisotopic (exact) mass is 382 g/mol. The number of fused-ring (bicyclic) bond motifs is 3. The molecule has 138 valence electrons. The maximum atomic E-state index is 14.4. The molecule has 1 aliphatic heterocycles. The highest BCUT2D eigenvalue weighted by Crippen LogP contribution is 2.39. The van der Waals surface area contributed by atoms with E-state index in [0.29, 0.717) is 22.3 Å². The molecule has 27 heavy (non-hydrogen) atoms. The van der Waals surface area contributed by atoms with Gasteiger partial charge < -0.3 is 10.1 Å². The zero-order valence-corrected chi connectivity index (χ0v) is 15.7. The lowest BCUT2D eigenvalue weighted by molar-refractivity contribution is 0.220. The molecule has 5 nitrogen and oxygen atoms in total. The molecule has 0 unspecified atom stereocenters. The van der Waals surface area contributed by atoms with Crippen molar-refractivity contribution in [2.75, 3.05) is 11.1 Å². The smallest absolute Gasteiger partial charge is 0.247 e. The number of nitrogens with zero attached hydrogens (tertiary/aromatic N) is 3. The molecule has 3 aromatic rings. The van der Waals surface area contributed by atoms with Gasteiger partial charge in [-0.15, -0.1) is 10.2 Å². The minimum Gasteiger partial charge on any atom is -0.448 e. The molecule has 2 aromatic carbocycles. The highest BCUT2D eigenvalue weighted by atomic mass is 32.2. The van der Waals surface area contributed by atoms with Gasteiger partial charge >= 0.3 is 0 Å². The lowest BCUT2D eigenvalue weighted by Crippen LogP contribution is -2.18. The third-order valence-corrected chi connectivity index (χ3v) is 5.17. The van der Waals surface area contributed by atoms with Crippen LogP contribution in [0, 0.1) is 5.82 Å². The SMILES string of the molecule is CCCCSc1nnc2c(n1)O[C@H](c1ccccc1F)Nc1ccccc1-2. The summed E-state index contributed by atoms with van der Waals surface area (Å²) >= 11 is 1.55. The average molecular weight is 382 g/mol. The first-order valence-corrected chi connectivity index (χ1v) is 9.89. The Labute approximate surface area is 161 Å². The highest BCUT2D eigenvalue weighted by Gasteiger charge is 2.27. The van der Waals surface area contributed by atoms with Crippen molar-refractivity contribution in [3.05, 3.63) is 59.9 Å². The first kappa shape index (κ1) is 17.7. The van der Waals surface area contributed by atoms with Crippen LogP contribution in [0.15, 0.2) is 53.7 Å². The second-order valence-corrected chi connectivity index (χ2v) is 7.22. The van der Waals surface area contributed by atoms with Gasteiger partial charge in [-0.1, -0.05) is 61.5 Å². The van der Waals surface area contributed by atoms with Gasteiger partial charge in [-0.05, 0) is 18.6 Å². The Morgan fingerprint density at radius 1 is 1.11 bits per heavy atom. The van der Waals surface area contributed by atoms with Crippen LogP contribution >= 0.6 is 11.8 Å². The second-order valence-electron chi connectivity index (χ2n) is 6.16. The van der Waals surface area contributed by atoms with Gasteiger partial charge in [-0.2, -0.15) is 4.98 Å². The van der Waals surface area contributed by atoms with Crippen molar-refractivity contribution in [3.63, 3.8) is 0 Å². The second kappa shape index (κ2) is 7.92. The third-order valence-electron chi connectivity index (χ3n) is 4.25. The zero-order chi connectivity index (χ0) is 18.6. The molecule has 0 saturated heterocycles. The topological polar surface area (TPSA) is 59.9 Å². The predicted molar refractivity (Wildman–Crippen MR) is 104 cm³/mol. The molecule has 4 rings (SSSR count). The number of ether oxygens (including phenoxy) is 1. The van der Waals surface area contributed by atoms with Crippen molar-refractivity contribution in [2.24, 2.45) is 0 Å². The molecule has 0 saturated carbocycles. The molecule has 0 radical (unpaired) electrons. The van der Waals surface area contributed by atoms with Crippen molar-refractivity contribution < 1.29 is 9.13 Å². The molecular formula is C20H19FN4OS. The van der Waals surface area contributed by atoms with Crippen LogP contribution in [0.25, 0.3) is 11.3 Å². The van der Waals surface area contributed by atoms with E-state index in [2.05, 4.69) is 27.4 Å². The molecule has 1 aliphatic rings. The van der Waals surface area contributed by atoms with Gasteiger partial charge in [0, 0.05) is 22.6 Å². The average Bonchev–Trinajstić information content (AvgIpc) is 2.85. The van der Waals surface area contributed by atoms with Gasteiger partial charge in [0.1, 0.15) is 5.82 Å². The number of unbranched alkanes of at least 4 members (excludes halogenated alkanes) is 1. The molecule has 0 spiro atoms. The summed E-state index contributed by atoms with van der Waals surface area (Å²) in [5, 5.41) is 12.4. The maximum Gasteiger partial charge on any atom is 0.247 e. The largest absolute Gasteiger partial charge is 0.448 e. The lowest BCUT2D eigenvalue weighted by Gasteiger charge is -2.19. The van der Waals surface area contributed by atoms with Gasteiger partial charge in [-0.3, -0.25) is 0 Å². The van der Waals surface area contributed by atoms with Crippen LogP contribution in [-0.2, 0) is 0 Å². The van der Waals surface area contributed by atoms with Crippen molar-refractivity contribution in [3.8, 4) is 17.1 Å². The Bertz CT molecular complexity index is 953. The molecule has 0 fully saturated rings. The molecule has 1 aromatic heterocycles. The Kier molecular flexibility index (Phi) is 5.20. The number of benzene rings is 2. The number of hydrogen-bond donors (Lipinski definition) is 1. The summed E-state index contributed by atoms with van der Waals surface area (Å²) in [6.07, 6.45) is 1.47. The quantitative estimate of drug-likeness (QED) is 0.491. The molecular weight excluding hydrogens is 363 g/mol. The summed E-state index contributed by atoms with van der Waals surface area (Å²) in [4.78, 5) is 4.55. The summed E-state index contributed by atoms with van der Waals surface area (Å²) < 4.78 is 20.4. The number of nitrogens with one attached hydrogen (secondary N) is 1. The Hall–Kier alpha value is -2.67. The van der Waals surface area contributed by atoms with E-state index < -0.39 is 6.23 Å². The molecule has 1 N–H and O–H groups in total. The maximum absolute atomic E-state index is 14.4. The van der Waals surface area contributed by atoms with E-state index >= 15 is 0 Å². The van der Waals surface area contributed by atoms with Gasteiger partial charge in [-0.25, -0.2) is 4.39 Å². The fourth-order valence-electron chi connectivity index (χ4n) is 2.84. The predicted octanol–water partition coefficient (Wildman–Crippen LogP) is 5.07. The van der Waals surface area contributed by atoms with Crippen LogP contribution in [0.3, 0.4) is 0 Å². The molecule has 0 aliphatic carbocycles. The molecule has 0 amide bonds. The summed E-state index contributed by atoms with van der Waals surface area (Å²) in [6.45, 7) is 2.14. The van der Waals surface area contributed by atoms with Crippen molar-refractivity contribution in [1.82, 2.24) is 15.2 Å². The van der Waals surface area contributed by atoms with Gasteiger partial charge in [0.05, 0.1) is 0 Å². The Balaban J connectivity index is 1.76. The number of halogens is 1. The van der Waals surface area contributed by atoms with E-state index in [4.69, 9.17) is 4.74 Å². The molecule has 1 atom stereocenters. The van der Waals surface area contributed by atoms with Crippen LogP contribution in [0.4, 0.5) is 10.1 Å². The van der Waals surface area contributed by atoms with Crippen LogP contribution in [0.2, 0.25) is 0 Å². The molecule has 0 bridgehead atoms. The first-order valence-electron chi connectivity index (χ1n) is 8.91. The van der Waals surface area contributed by atoms with E-state index in [0.717, 1.165) is 29.8 Å². The zero-order valence-electron chi connectivity index (χ0n) is 14.9.